The fraction of sp³-hybridized carbons (Fsp3) is 0.467. The molecule has 0 bridgehead atoms. The second kappa shape index (κ2) is 16.5. The summed E-state index contributed by atoms with van der Waals surface area (Å²) < 4.78 is 10.7. The van der Waals surface area contributed by atoms with Crippen molar-refractivity contribution in [3.63, 3.8) is 0 Å². The molecule has 1 aliphatic rings. The maximum Gasteiger partial charge on any atom is 0.246 e. The van der Waals surface area contributed by atoms with Crippen LogP contribution in [-0.4, -0.2) is 70.2 Å². The third-order valence-corrected chi connectivity index (χ3v) is 6.61. The van der Waals surface area contributed by atoms with E-state index in [0.29, 0.717) is 44.0 Å². The van der Waals surface area contributed by atoms with E-state index >= 15 is 0 Å². The quantitative estimate of drug-likeness (QED) is 0.521. The van der Waals surface area contributed by atoms with Crippen molar-refractivity contribution in [2.45, 2.75) is 38.1 Å². The molecule has 3 rings (SSSR count). The summed E-state index contributed by atoms with van der Waals surface area (Å²) in [6.07, 6.45) is 7.39. The zero-order chi connectivity index (χ0) is 27.0. The van der Waals surface area contributed by atoms with Crippen molar-refractivity contribution in [2.75, 3.05) is 53.5 Å². The Hall–Kier alpha value is -3.36. The van der Waals surface area contributed by atoms with Crippen LogP contribution in [0.1, 0.15) is 49.3 Å². The zero-order valence-electron chi connectivity index (χ0n) is 22.7. The molecule has 1 atom stereocenters. The van der Waals surface area contributed by atoms with Gasteiger partial charge in [0, 0.05) is 38.2 Å². The highest BCUT2D eigenvalue weighted by Gasteiger charge is 2.16. The van der Waals surface area contributed by atoms with Crippen molar-refractivity contribution in [3.05, 3.63) is 65.7 Å². The van der Waals surface area contributed by atoms with E-state index in [1.807, 2.05) is 41.3 Å². The van der Waals surface area contributed by atoms with Crippen molar-refractivity contribution in [1.82, 2.24) is 20.9 Å². The number of hydrogen-bond donors (Lipinski definition) is 3. The monoisotopic (exact) mass is 522 g/mol. The van der Waals surface area contributed by atoms with Gasteiger partial charge in [-0.25, -0.2) is 0 Å². The van der Waals surface area contributed by atoms with E-state index in [1.165, 1.54) is 0 Å². The topological polar surface area (TPSA) is 91.9 Å². The van der Waals surface area contributed by atoms with E-state index in [9.17, 15) is 9.59 Å². The van der Waals surface area contributed by atoms with Gasteiger partial charge in [-0.3, -0.25) is 9.59 Å². The highest BCUT2D eigenvalue weighted by molar-refractivity contribution is 5.91. The fourth-order valence-corrected chi connectivity index (χ4v) is 4.48. The molecule has 2 aromatic carbocycles. The van der Waals surface area contributed by atoms with Crippen LogP contribution in [-0.2, 0) is 9.59 Å². The zero-order valence-corrected chi connectivity index (χ0v) is 22.7. The predicted molar refractivity (Wildman–Crippen MR) is 151 cm³/mol. The van der Waals surface area contributed by atoms with Gasteiger partial charge in [0.15, 0.2) is 11.5 Å². The van der Waals surface area contributed by atoms with Crippen LogP contribution < -0.4 is 25.4 Å². The lowest BCUT2D eigenvalue weighted by Gasteiger charge is -2.22. The third kappa shape index (κ3) is 9.84. The van der Waals surface area contributed by atoms with Gasteiger partial charge in [0.05, 0.1) is 14.2 Å². The van der Waals surface area contributed by atoms with Gasteiger partial charge in [-0.05, 0) is 74.7 Å². The van der Waals surface area contributed by atoms with Crippen molar-refractivity contribution >= 4 is 17.9 Å². The van der Waals surface area contributed by atoms with Crippen LogP contribution in [0.2, 0.25) is 0 Å². The van der Waals surface area contributed by atoms with Crippen molar-refractivity contribution in [3.8, 4) is 11.5 Å². The van der Waals surface area contributed by atoms with Crippen LogP contribution in [0, 0.1) is 0 Å². The number of nitrogens with one attached hydrogen (secondary N) is 3. The van der Waals surface area contributed by atoms with E-state index < -0.39 is 0 Å². The lowest BCUT2D eigenvalue weighted by atomic mass is 10.0. The number of carbonyl (C=O) groups is 2. The molecule has 0 radical (unpaired) electrons. The second-order valence-corrected chi connectivity index (χ2v) is 9.41. The normalized spacial score (nSPS) is 18.9. The summed E-state index contributed by atoms with van der Waals surface area (Å²) in [5.41, 5.74) is 1.98. The number of rotatable bonds is 5. The number of carbonyl (C=O) groups excluding carboxylic acids is 2. The number of nitrogens with zero attached hydrogens (tertiary/aromatic N) is 1. The second-order valence-electron chi connectivity index (χ2n) is 9.41. The van der Waals surface area contributed by atoms with E-state index in [2.05, 4.69) is 28.1 Å². The minimum atomic E-state index is -0.0367. The molecule has 2 amide bonds. The minimum Gasteiger partial charge on any atom is -0.493 e. The maximum atomic E-state index is 13.1. The van der Waals surface area contributed by atoms with Gasteiger partial charge < -0.3 is 30.3 Å². The molecule has 3 N–H and O–H groups in total. The van der Waals surface area contributed by atoms with Gasteiger partial charge in [-0.2, -0.15) is 0 Å². The molecule has 1 saturated heterocycles. The molecule has 8 nitrogen and oxygen atoms in total. The standard InChI is InChI=1S/C30H42N4O4/c1-37-27-14-12-24(22-28(27)38-2)13-15-30(36)34-20-7-6-16-31-17-8-18-32-26(25-10-4-3-5-11-25)23-29(35)33-19-9-21-34/h3-5,10-15,22,26,31-32H,6-9,16-21,23H2,1-2H3,(H,33,35)/b15-13-. The molecule has 0 aliphatic carbocycles. The highest BCUT2D eigenvalue weighted by atomic mass is 16.5. The van der Waals surface area contributed by atoms with Crippen molar-refractivity contribution < 1.29 is 19.1 Å². The minimum absolute atomic E-state index is 0.0139. The summed E-state index contributed by atoms with van der Waals surface area (Å²) in [5.74, 6) is 1.25. The molecule has 8 heteroatoms. The first kappa shape index (κ1) is 29.2. The molecular weight excluding hydrogens is 480 g/mol. The molecule has 2 aromatic rings. The first-order valence-electron chi connectivity index (χ1n) is 13.6. The summed E-state index contributed by atoms with van der Waals surface area (Å²) >= 11 is 0. The summed E-state index contributed by atoms with van der Waals surface area (Å²) in [6, 6.07) is 15.7. The Bertz CT molecular complexity index is 1030. The van der Waals surface area contributed by atoms with Gasteiger partial charge in [0.2, 0.25) is 11.8 Å². The first-order chi connectivity index (χ1) is 18.6. The van der Waals surface area contributed by atoms with E-state index in [-0.39, 0.29) is 17.9 Å². The molecule has 1 aliphatic heterocycles. The first-order valence-corrected chi connectivity index (χ1v) is 13.6. The van der Waals surface area contributed by atoms with E-state index in [0.717, 1.165) is 50.0 Å². The number of benzene rings is 2. The Morgan fingerprint density at radius 2 is 1.66 bits per heavy atom. The Balaban J connectivity index is 1.60. The van der Waals surface area contributed by atoms with E-state index in [4.69, 9.17) is 9.47 Å². The molecule has 0 spiro atoms. The Morgan fingerprint density at radius 1 is 0.895 bits per heavy atom. The smallest absolute Gasteiger partial charge is 0.246 e. The van der Waals surface area contributed by atoms with Gasteiger partial charge in [-0.1, -0.05) is 36.4 Å². The molecule has 0 saturated carbocycles. The Labute approximate surface area is 226 Å². The van der Waals surface area contributed by atoms with Gasteiger partial charge in [0.1, 0.15) is 0 Å². The lowest BCUT2D eigenvalue weighted by molar-refractivity contribution is -0.126. The molecule has 1 fully saturated rings. The average molecular weight is 523 g/mol. The molecule has 1 unspecified atom stereocenters. The van der Waals surface area contributed by atoms with Gasteiger partial charge in [-0.15, -0.1) is 0 Å². The van der Waals surface area contributed by atoms with Crippen LogP contribution in [0.5, 0.6) is 11.5 Å². The van der Waals surface area contributed by atoms with Crippen LogP contribution >= 0.6 is 0 Å². The fourth-order valence-electron chi connectivity index (χ4n) is 4.48. The Morgan fingerprint density at radius 3 is 2.45 bits per heavy atom. The van der Waals surface area contributed by atoms with Crippen LogP contribution in [0.4, 0.5) is 0 Å². The largest absolute Gasteiger partial charge is 0.493 e. The van der Waals surface area contributed by atoms with Gasteiger partial charge >= 0.3 is 0 Å². The molecular formula is C30H42N4O4. The summed E-state index contributed by atoms with van der Waals surface area (Å²) in [4.78, 5) is 27.7. The molecule has 38 heavy (non-hydrogen) atoms. The van der Waals surface area contributed by atoms with Crippen molar-refractivity contribution in [1.29, 1.82) is 0 Å². The highest BCUT2D eigenvalue weighted by Crippen LogP contribution is 2.28. The molecule has 1 heterocycles. The predicted octanol–water partition coefficient (Wildman–Crippen LogP) is 3.55. The summed E-state index contributed by atoms with van der Waals surface area (Å²) in [7, 11) is 3.19. The number of ether oxygens (including phenoxy) is 2. The van der Waals surface area contributed by atoms with Crippen LogP contribution in [0.15, 0.2) is 54.6 Å². The average Bonchev–Trinajstić information content (AvgIpc) is 2.95. The molecule has 0 aromatic heterocycles. The Kier molecular flexibility index (Phi) is 12.7. The van der Waals surface area contributed by atoms with Gasteiger partial charge in [0.25, 0.3) is 0 Å². The van der Waals surface area contributed by atoms with E-state index in [1.54, 1.807) is 26.4 Å². The number of hydrogen-bond acceptors (Lipinski definition) is 6. The molecule has 206 valence electrons. The van der Waals surface area contributed by atoms with Crippen molar-refractivity contribution in [2.24, 2.45) is 0 Å². The lowest BCUT2D eigenvalue weighted by Crippen LogP contribution is -2.35. The summed E-state index contributed by atoms with van der Waals surface area (Å²) in [5, 5.41) is 10.1. The number of methoxy groups -OCH3 is 2. The third-order valence-electron chi connectivity index (χ3n) is 6.61. The van der Waals surface area contributed by atoms with Crippen LogP contribution in [0.3, 0.4) is 0 Å². The maximum absolute atomic E-state index is 13.1. The van der Waals surface area contributed by atoms with Crippen LogP contribution in [0.25, 0.3) is 6.08 Å². The SMILES string of the molecule is COc1ccc(/C=C\C(=O)N2CCCCNCCCNC(c3ccccc3)CC(=O)NCCC2)cc1OC. The number of amides is 2. The summed E-state index contributed by atoms with van der Waals surface area (Å²) in [6.45, 7) is 4.48.